The van der Waals surface area contributed by atoms with Gasteiger partial charge in [0.1, 0.15) is 5.69 Å². The molecule has 1 aromatic heterocycles. The van der Waals surface area contributed by atoms with Crippen LogP contribution >= 0.6 is 0 Å². The van der Waals surface area contributed by atoms with Crippen molar-refractivity contribution >= 4 is 23.4 Å². The minimum Gasteiger partial charge on any atom is -0.265 e. The summed E-state index contributed by atoms with van der Waals surface area (Å²) in [5.74, 6) is -0.393. The number of fused-ring (bicyclic) bond motifs is 1. The molecule has 1 heterocycles. The molecular weight excluding hydrogens is 176 g/mol. The molecule has 0 saturated carbocycles. The summed E-state index contributed by atoms with van der Waals surface area (Å²) in [7, 11) is 0. The molecule has 2 aromatic rings. The van der Waals surface area contributed by atoms with Crippen molar-refractivity contribution in [1.29, 1.82) is 0 Å². The van der Waals surface area contributed by atoms with Crippen LogP contribution in [0.4, 0.5) is 0 Å². The van der Waals surface area contributed by atoms with Crippen LogP contribution in [-0.4, -0.2) is 17.6 Å². The minimum absolute atomic E-state index is 0.332. The summed E-state index contributed by atoms with van der Waals surface area (Å²) in [6.45, 7) is 3.18. The number of pyridine rings is 1. The van der Waals surface area contributed by atoms with Crippen LogP contribution in [0.3, 0.4) is 0 Å². The second kappa shape index (κ2) is 3.38. The molecule has 0 unspecified atom stereocenters. The lowest BCUT2D eigenvalue weighted by atomic mass is 10.1. The largest absolute Gasteiger partial charge is 0.294 e. The van der Waals surface area contributed by atoms with Gasteiger partial charge in [0.25, 0.3) is 5.91 Å². The minimum atomic E-state index is -0.393. The Morgan fingerprint density at radius 3 is 2.71 bits per heavy atom. The molecule has 14 heavy (non-hydrogen) atoms. The molecule has 0 radical (unpaired) electrons. The Kier molecular flexibility index (Phi) is 2.07. The molecule has 0 bridgehead atoms. The molecule has 0 spiro atoms. The number of hydrogen-bond acceptors (Lipinski definition) is 2. The van der Waals surface area contributed by atoms with Crippen LogP contribution in [0.1, 0.15) is 10.5 Å². The number of rotatable bonds is 1. The molecule has 2 rings (SSSR count). The first kappa shape index (κ1) is 8.56. The van der Waals surface area contributed by atoms with Gasteiger partial charge in [0.15, 0.2) is 0 Å². The van der Waals surface area contributed by atoms with Gasteiger partial charge in [-0.05, 0) is 18.2 Å². The van der Waals surface area contributed by atoms with Crippen molar-refractivity contribution in [2.75, 3.05) is 0 Å². The van der Waals surface area contributed by atoms with Crippen molar-refractivity contribution in [1.82, 2.24) is 4.98 Å². The third-order valence-electron chi connectivity index (χ3n) is 1.99. The highest BCUT2D eigenvalue weighted by molar-refractivity contribution is 5.98. The van der Waals surface area contributed by atoms with E-state index in [0.29, 0.717) is 5.69 Å². The lowest BCUT2D eigenvalue weighted by Gasteiger charge is -1.98. The van der Waals surface area contributed by atoms with E-state index >= 15 is 0 Å². The topological polar surface area (TPSA) is 42.3 Å². The zero-order valence-corrected chi connectivity index (χ0v) is 7.47. The monoisotopic (exact) mass is 184 g/mol. The van der Waals surface area contributed by atoms with E-state index in [2.05, 4.69) is 16.7 Å². The molecule has 0 fully saturated rings. The highest BCUT2D eigenvalue weighted by Gasteiger charge is 2.04. The molecule has 0 aliphatic rings. The number of amides is 1. The third kappa shape index (κ3) is 1.40. The van der Waals surface area contributed by atoms with E-state index in [4.69, 9.17) is 0 Å². The van der Waals surface area contributed by atoms with Crippen molar-refractivity contribution in [3.63, 3.8) is 0 Å². The van der Waals surface area contributed by atoms with Gasteiger partial charge in [0, 0.05) is 11.6 Å². The van der Waals surface area contributed by atoms with Crippen LogP contribution in [-0.2, 0) is 0 Å². The Morgan fingerprint density at radius 1 is 1.29 bits per heavy atom. The normalized spacial score (nSPS) is 10.0. The molecule has 0 aliphatic carbocycles. The van der Waals surface area contributed by atoms with E-state index in [-0.39, 0.29) is 0 Å². The summed E-state index contributed by atoms with van der Waals surface area (Å²) in [5.41, 5.74) is 0.332. The molecule has 1 aromatic carbocycles. The van der Waals surface area contributed by atoms with Crippen LogP contribution in [0.2, 0.25) is 0 Å². The second-order valence-electron chi connectivity index (χ2n) is 2.88. The number of carbonyl (C=O) groups excluding carboxylic acids is 1. The van der Waals surface area contributed by atoms with E-state index < -0.39 is 5.91 Å². The summed E-state index contributed by atoms with van der Waals surface area (Å²) in [4.78, 5) is 18.5. The molecule has 0 atom stereocenters. The van der Waals surface area contributed by atoms with Gasteiger partial charge < -0.3 is 0 Å². The van der Waals surface area contributed by atoms with E-state index in [9.17, 15) is 4.79 Å². The van der Waals surface area contributed by atoms with Crippen molar-refractivity contribution < 1.29 is 4.79 Å². The lowest BCUT2D eigenvalue weighted by molar-refractivity contribution is 0.0999. The van der Waals surface area contributed by atoms with E-state index in [1.54, 1.807) is 12.3 Å². The number of hydrogen-bond donors (Lipinski definition) is 0. The Balaban J connectivity index is 2.62. The van der Waals surface area contributed by atoms with Gasteiger partial charge in [0.05, 0.1) is 0 Å². The lowest BCUT2D eigenvalue weighted by Crippen LogP contribution is -1.97. The predicted octanol–water partition coefficient (Wildman–Crippen LogP) is 2.08. The number of aliphatic imine (C=N–C) groups is 1. The first-order valence-corrected chi connectivity index (χ1v) is 4.17. The zero-order valence-electron chi connectivity index (χ0n) is 7.47. The number of nitrogens with zero attached hydrogens (tertiary/aromatic N) is 2. The Hall–Kier alpha value is -2.03. The maximum atomic E-state index is 11.2. The summed E-state index contributed by atoms with van der Waals surface area (Å²) in [6, 6.07) is 9.43. The molecule has 0 aliphatic heterocycles. The predicted molar refractivity (Wildman–Crippen MR) is 55.6 cm³/mol. The maximum Gasteiger partial charge on any atom is 0.294 e. The SMILES string of the molecule is C=NC(=O)c1cc2ccccc2cn1. The van der Waals surface area contributed by atoms with Crippen LogP contribution in [0.15, 0.2) is 41.5 Å². The fourth-order valence-electron chi connectivity index (χ4n) is 1.28. The van der Waals surface area contributed by atoms with Crippen LogP contribution in [0.5, 0.6) is 0 Å². The molecular formula is C11H8N2O. The van der Waals surface area contributed by atoms with Gasteiger partial charge in [-0.25, -0.2) is 4.99 Å². The van der Waals surface area contributed by atoms with Gasteiger partial charge in [0.2, 0.25) is 0 Å². The maximum absolute atomic E-state index is 11.2. The van der Waals surface area contributed by atoms with Crippen LogP contribution in [0, 0.1) is 0 Å². The van der Waals surface area contributed by atoms with Gasteiger partial charge in [-0.1, -0.05) is 24.3 Å². The van der Waals surface area contributed by atoms with E-state index in [0.717, 1.165) is 10.8 Å². The van der Waals surface area contributed by atoms with E-state index in [1.807, 2.05) is 24.3 Å². The highest BCUT2D eigenvalue weighted by atomic mass is 16.1. The highest BCUT2D eigenvalue weighted by Crippen LogP contribution is 2.13. The van der Waals surface area contributed by atoms with Gasteiger partial charge in [-0.15, -0.1) is 0 Å². The molecule has 0 saturated heterocycles. The number of benzene rings is 1. The van der Waals surface area contributed by atoms with Crippen molar-refractivity contribution in [2.24, 2.45) is 4.99 Å². The smallest absolute Gasteiger partial charge is 0.265 e. The summed E-state index contributed by atoms with van der Waals surface area (Å²) in [5, 5.41) is 1.99. The van der Waals surface area contributed by atoms with E-state index in [1.165, 1.54) is 0 Å². The number of carbonyl (C=O) groups is 1. The average Bonchev–Trinajstić information content (AvgIpc) is 2.27. The molecule has 3 heteroatoms. The molecule has 1 amide bonds. The van der Waals surface area contributed by atoms with Gasteiger partial charge >= 0.3 is 0 Å². The van der Waals surface area contributed by atoms with Gasteiger partial charge in [-0.3, -0.25) is 9.78 Å². The summed E-state index contributed by atoms with van der Waals surface area (Å²) >= 11 is 0. The van der Waals surface area contributed by atoms with Crippen LogP contribution < -0.4 is 0 Å². The molecule has 3 nitrogen and oxygen atoms in total. The Bertz CT molecular complexity index is 505. The van der Waals surface area contributed by atoms with Crippen molar-refractivity contribution in [2.45, 2.75) is 0 Å². The standard InChI is InChI=1S/C11H8N2O/c1-12-11(14)10-6-8-4-2-3-5-9(8)7-13-10/h2-7H,1H2. The molecule has 68 valence electrons. The fourth-order valence-corrected chi connectivity index (χ4v) is 1.28. The second-order valence-corrected chi connectivity index (χ2v) is 2.88. The fraction of sp³-hybridized carbons (Fsp3) is 0. The summed E-state index contributed by atoms with van der Waals surface area (Å²) < 4.78 is 0. The van der Waals surface area contributed by atoms with Gasteiger partial charge in [-0.2, -0.15) is 0 Å². The van der Waals surface area contributed by atoms with Crippen LogP contribution in [0.25, 0.3) is 10.8 Å². The number of aromatic nitrogens is 1. The zero-order chi connectivity index (χ0) is 9.97. The summed E-state index contributed by atoms with van der Waals surface area (Å²) in [6.07, 6.45) is 1.66. The first-order valence-electron chi connectivity index (χ1n) is 4.17. The van der Waals surface area contributed by atoms with Crippen molar-refractivity contribution in [3.8, 4) is 0 Å². The molecule has 0 N–H and O–H groups in total. The quantitative estimate of drug-likeness (QED) is 0.637. The average molecular weight is 184 g/mol. The first-order chi connectivity index (χ1) is 6.81. The third-order valence-corrected chi connectivity index (χ3v) is 1.99. The van der Waals surface area contributed by atoms with Crippen molar-refractivity contribution in [3.05, 3.63) is 42.2 Å². The Labute approximate surface area is 81.1 Å². The Morgan fingerprint density at radius 2 is 2.00 bits per heavy atom.